The third kappa shape index (κ3) is 3.61. The van der Waals surface area contributed by atoms with E-state index in [1.165, 1.54) is 5.56 Å². The van der Waals surface area contributed by atoms with Gasteiger partial charge < -0.3 is 5.32 Å². The summed E-state index contributed by atoms with van der Waals surface area (Å²) in [5.74, 6) is 1.17. The van der Waals surface area contributed by atoms with Gasteiger partial charge in [-0.15, -0.1) is 0 Å². The lowest BCUT2D eigenvalue weighted by atomic mass is 9.82. The molecule has 2 N–H and O–H groups in total. The molecule has 0 amide bonds. The van der Waals surface area contributed by atoms with Gasteiger partial charge in [-0.05, 0) is 57.9 Å². The number of rotatable bonds is 3. The quantitative estimate of drug-likeness (QED) is 0.735. The van der Waals surface area contributed by atoms with E-state index in [0.29, 0.717) is 28.9 Å². The Morgan fingerprint density at radius 1 is 1.11 bits per heavy atom. The van der Waals surface area contributed by atoms with Crippen molar-refractivity contribution in [2.45, 2.75) is 64.0 Å². The molecule has 4 rings (SSSR count). The number of nitrogens with one attached hydrogen (secondary N) is 2. The fourth-order valence-corrected chi connectivity index (χ4v) is 3.97. The number of H-pyrrole nitrogens is 1. The number of aromatic nitrogens is 4. The number of hydrogen-bond acceptors (Lipinski definition) is 4. The lowest BCUT2D eigenvalue weighted by Crippen LogP contribution is -2.28. The molecule has 0 bridgehead atoms. The summed E-state index contributed by atoms with van der Waals surface area (Å²) in [4.78, 5) is 20.0. The summed E-state index contributed by atoms with van der Waals surface area (Å²) in [6, 6.07) is 11.1. The average Bonchev–Trinajstić information content (AvgIpc) is 3.08. The minimum atomic E-state index is -0.229. The summed E-state index contributed by atoms with van der Waals surface area (Å²) in [5.41, 5.74) is 1.69. The zero-order valence-electron chi connectivity index (χ0n) is 16.2. The Balaban J connectivity index is 1.50. The first-order valence-electron chi connectivity index (χ1n) is 9.72. The van der Waals surface area contributed by atoms with Gasteiger partial charge in [-0.25, -0.2) is 4.68 Å². The normalized spacial score (nSPS) is 20.7. The van der Waals surface area contributed by atoms with Crippen molar-refractivity contribution < 1.29 is 0 Å². The molecule has 0 saturated heterocycles. The van der Waals surface area contributed by atoms with Crippen LogP contribution < -0.4 is 10.9 Å². The van der Waals surface area contributed by atoms with Gasteiger partial charge in [0.2, 0.25) is 5.95 Å². The van der Waals surface area contributed by atoms with Crippen molar-refractivity contribution in [3.8, 4) is 0 Å². The molecule has 0 atom stereocenters. The first-order chi connectivity index (χ1) is 12.9. The minimum Gasteiger partial charge on any atom is -0.353 e. The van der Waals surface area contributed by atoms with Crippen LogP contribution in [0.4, 0.5) is 5.95 Å². The second-order valence-electron chi connectivity index (χ2n) is 8.48. The highest BCUT2D eigenvalue weighted by Gasteiger charge is 2.24. The second kappa shape index (κ2) is 6.83. The fraction of sp³-hybridized carbons (Fsp3) is 0.476. The first kappa shape index (κ1) is 17.8. The van der Waals surface area contributed by atoms with E-state index in [4.69, 9.17) is 0 Å². The summed E-state index contributed by atoms with van der Waals surface area (Å²) in [7, 11) is 0. The van der Waals surface area contributed by atoms with Crippen LogP contribution in [-0.4, -0.2) is 25.8 Å². The molecule has 1 aromatic carbocycles. The van der Waals surface area contributed by atoms with E-state index in [0.717, 1.165) is 25.7 Å². The third-order valence-electron chi connectivity index (χ3n) is 5.41. The van der Waals surface area contributed by atoms with E-state index >= 15 is 0 Å². The van der Waals surface area contributed by atoms with E-state index in [1.807, 2.05) is 4.68 Å². The summed E-state index contributed by atoms with van der Waals surface area (Å²) < 4.78 is 1.81. The van der Waals surface area contributed by atoms with Gasteiger partial charge >= 0.3 is 0 Å². The molecule has 3 aromatic rings. The topological polar surface area (TPSA) is 75.6 Å². The molecule has 142 valence electrons. The Labute approximate surface area is 159 Å². The van der Waals surface area contributed by atoms with Crippen molar-refractivity contribution in [1.29, 1.82) is 0 Å². The van der Waals surface area contributed by atoms with E-state index in [1.54, 1.807) is 6.20 Å². The SMILES string of the molecule is CC(C)(C)n1ncc2c(=O)[nH]c(NC3CCC(c4ccccc4)CC3)nc21. The van der Waals surface area contributed by atoms with Gasteiger partial charge in [0.15, 0.2) is 5.65 Å². The first-order valence-corrected chi connectivity index (χ1v) is 9.72. The fourth-order valence-electron chi connectivity index (χ4n) is 3.97. The van der Waals surface area contributed by atoms with E-state index < -0.39 is 0 Å². The van der Waals surface area contributed by atoms with Crippen LogP contribution in [0.2, 0.25) is 0 Å². The molecule has 2 heterocycles. The smallest absolute Gasteiger partial charge is 0.263 e. The molecular formula is C21H27N5O. The predicted octanol–water partition coefficient (Wildman–Crippen LogP) is 4.01. The number of fused-ring (bicyclic) bond motifs is 1. The Morgan fingerprint density at radius 3 is 2.48 bits per heavy atom. The van der Waals surface area contributed by atoms with E-state index in [-0.39, 0.29) is 11.1 Å². The zero-order valence-corrected chi connectivity index (χ0v) is 16.2. The highest BCUT2D eigenvalue weighted by molar-refractivity contribution is 5.74. The molecule has 1 aliphatic rings. The molecule has 1 aliphatic carbocycles. The maximum atomic E-state index is 12.4. The Bertz CT molecular complexity index is 975. The van der Waals surface area contributed by atoms with Crippen LogP contribution in [0.5, 0.6) is 0 Å². The van der Waals surface area contributed by atoms with Crippen LogP contribution in [-0.2, 0) is 5.54 Å². The highest BCUT2D eigenvalue weighted by Crippen LogP contribution is 2.33. The number of aromatic amines is 1. The molecule has 6 heteroatoms. The molecular weight excluding hydrogens is 338 g/mol. The van der Waals surface area contributed by atoms with Crippen molar-refractivity contribution in [2.75, 3.05) is 5.32 Å². The molecule has 0 spiro atoms. The lowest BCUT2D eigenvalue weighted by molar-refractivity contribution is 0.366. The number of anilines is 1. The van der Waals surface area contributed by atoms with Gasteiger partial charge in [-0.1, -0.05) is 30.3 Å². The monoisotopic (exact) mass is 365 g/mol. The van der Waals surface area contributed by atoms with Crippen molar-refractivity contribution in [1.82, 2.24) is 19.7 Å². The number of benzene rings is 1. The molecule has 1 fully saturated rings. The average molecular weight is 365 g/mol. The van der Waals surface area contributed by atoms with Gasteiger partial charge in [-0.3, -0.25) is 9.78 Å². The van der Waals surface area contributed by atoms with Gasteiger partial charge in [0.05, 0.1) is 11.7 Å². The molecule has 27 heavy (non-hydrogen) atoms. The van der Waals surface area contributed by atoms with Crippen molar-refractivity contribution in [3.63, 3.8) is 0 Å². The highest BCUT2D eigenvalue weighted by atomic mass is 16.1. The van der Waals surface area contributed by atoms with E-state index in [2.05, 4.69) is 71.5 Å². The predicted molar refractivity (Wildman–Crippen MR) is 108 cm³/mol. The van der Waals surface area contributed by atoms with Crippen LogP contribution in [0.25, 0.3) is 11.0 Å². The van der Waals surface area contributed by atoms with Crippen LogP contribution in [0.3, 0.4) is 0 Å². The Kier molecular flexibility index (Phi) is 4.50. The van der Waals surface area contributed by atoms with Crippen molar-refractivity contribution in [3.05, 3.63) is 52.4 Å². The largest absolute Gasteiger partial charge is 0.353 e. The second-order valence-corrected chi connectivity index (χ2v) is 8.48. The van der Waals surface area contributed by atoms with Gasteiger partial charge in [0.1, 0.15) is 5.39 Å². The minimum absolute atomic E-state index is 0.143. The number of hydrogen-bond donors (Lipinski definition) is 2. The lowest BCUT2D eigenvalue weighted by Gasteiger charge is -2.29. The van der Waals surface area contributed by atoms with Gasteiger partial charge in [-0.2, -0.15) is 10.1 Å². The van der Waals surface area contributed by atoms with Crippen LogP contribution >= 0.6 is 0 Å². The zero-order chi connectivity index (χ0) is 19.0. The molecule has 0 unspecified atom stereocenters. The van der Waals surface area contributed by atoms with E-state index in [9.17, 15) is 4.79 Å². The molecule has 0 aliphatic heterocycles. The van der Waals surface area contributed by atoms with Gasteiger partial charge in [0, 0.05) is 6.04 Å². The number of nitrogens with zero attached hydrogens (tertiary/aromatic N) is 3. The third-order valence-corrected chi connectivity index (χ3v) is 5.41. The molecule has 0 radical (unpaired) electrons. The Morgan fingerprint density at radius 2 is 1.81 bits per heavy atom. The maximum absolute atomic E-state index is 12.4. The molecule has 1 saturated carbocycles. The summed E-state index contributed by atoms with van der Waals surface area (Å²) >= 11 is 0. The molecule has 2 aromatic heterocycles. The van der Waals surface area contributed by atoms with Crippen LogP contribution in [0, 0.1) is 0 Å². The van der Waals surface area contributed by atoms with Gasteiger partial charge in [0.25, 0.3) is 5.56 Å². The summed E-state index contributed by atoms with van der Waals surface area (Å²) in [5, 5.41) is 8.34. The van der Waals surface area contributed by atoms with Crippen molar-refractivity contribution >= 4 is 17.0 Å². The van der Waals surface area contributed by atoms with Crippen LogP contribution in [0.1, 0.15) is 57.9 Å². The van der Waals surface area contributed by atoms with Crippen molar-refractivity contribution in [2.24, 2.45) is 0 Å². The maximum Gasteiger partial charge on any atom is 0.263 e. The summed E-state index contributed by atoms with van der Waals surface area (Å²) in [6.07, 6.45) is 6.03. The molecule has 6 nitrogen and oxygen atoms in total. The Hall–Kier alpha value is -2.63. The standard InChI is InChI=1S/C21H27N5O/c1-21(2,3)26-18-17(13-22-26)19(27)25-20(24-18)23-16-11-9-15(10-12-16)14-7-5-4-6-8-14/h4-8,13,15-16H,9-12H2,1-3H3,(H2,23,24,25,27). The van der Waals surface area contributed by atoms with Crippen LogP contribution in [0.15, 0.2) is 41.3 Å². The summed E-state index contributed by atoms with van der Waals surface area (Å²) in [6.45, 7) is 6.17.